The Hall–Kier alpha value is -1.26. The van der Waals surface area contributed by atoms with Crippen molar-refractivity contribution in [1.29, 1.82) is 0 Å². The Morgan fingerprint density at radius 2 is 2.16 bits per heavy atom. The summed E-state index contributed by atoms with van der Waals surface area (Å²) in [6, 6.07) is 5.00. The van der Waals surface area contributed by atoms with E-state index in [1.165, 1.54) is 0 Å². The van der Waals surface area contributed by atoms with Crippen molar-refractivity contribution in [3.8, 4) is 0 Å². The number of cyclic esters (lactones) is 1. The lowest BCUT2D eigenvalue weighted by Crippen LogP contribution is -2.26. The number of hydrogen-bond acceptors (Lipinski definition) is 4. The minimum atomic E-state index is -0.933. The largest absolute Gasteiger partial charge is 0.465 e. The SMILES string of the molecule is CCOC(=O)[C@@H]1C(=O)OC[C@H]1c1ccc(Cl)c(Cl)c1. The molecule has 1 aliphatic rings. The minimum Gasteiger partial charge on any atom is -0.465 e. The summed E-state index contributed by atoms with van der Waals surface area (Å²) in [4.78, 5) is 23.5. The molecule has 1 aliphatic heterocycles. The van der Waals surface area contributed by atoms with E-state index in [9.17, 15) is 9.59 Å². The van der Waals surface area contributed by atoms with Crippen LogP contribution in [0.25, 0.3) is 0 Å². The normalized spacial score (nSPS) is 22.2. The second-order valence-corrected chi connectivity index (χ2v) is 4.95. The summed E-state index contributed by atoms with van der Waals surface area (Å²) in [6.45, 7) is 2.04. The first-order chi connectivity index (χ1) is 9.04. The van der Waals surface area contributed by atoms with Crippen LogP contribution in [0.2, 0.25) is 10.0 Å². The Morgan fingerprint density at radius 3 is 2.79 bits per heavy atom. The summed E-state index contributed by atoms with van der Waals surface area (Å²) < 4.78 is 9.86. The molecule has 0 radical (unpaired) electrons. The van der Waals surface area contributed by atoms with Crippen LogP contribution >= 0.6 is 23.2 Å². The Morgan fingerprint density at radius 1 is 1.42 bits per heavy atom. The van der Waals surface area contributed by atoms with Crippen molar-refractivity contribution in [2.24, 2.45) is 5.92 Å². The number of rotatable bonds is 3. The smallest absolute Gasteiger partial charge is 0.321 e. The molecule has 0 bridgehead atoms. The average Bonchev–Trinajstić information content (AvgIpc) is 2.75. The molecule has 0 saturated carbocycles. The lowest BCUT2D eigenvalue weighted by atomic mass is 9.88. The van der Waals surface area contributed by atoms with E-state index in [2.05, 4.69) is 0 Å². The molecule has 2 rings (SSSR count). The Labute approximate surface area is 120 Å². The van der Waals surface area contributed by atoms with Crippen LogP contribution in [-0.4, -0.2) is 25.2 Å². The molecule has 0 unspecified atom stereocenters. The molecule has 4 nitrogen and oxygen atoms in total. The van der Waals surface area contributed by atoms with Gasteiger partial charge in [-0.2, -0.15) is 0 Å². The van der Waals surface area contributed by atoms with Crippen LogP contribution in [0.5, 0.6) is 0 Å². The highest BCUT2D eigenvalue weighted by Gasteiger charge is 2.44. The number of esters is 2. The molecule has 0 aromatic heterocycles. The molecule has 1 aromatic carbocycles. The van der Waals surface area contributed by atoms with Gasteiger partial charge in [0.25, 0.3) is 0 Å². The maximum atomic E-state index is 11.8. The van der Waals surface area contributed by atoms with Crippen molar-refractivity contribution in [3.05, 3.63) is 33.8 Å². The quantitative estimate of drug-likeness (QED) is 0.636. The number of hydrogen-bond donors (Lipinski definition) is 0. The van der Waals surface area contributed by atoms with Crippen molar-refractivity contribution in [2.45, 2.75) is 12.8 Å². The fourth-order valence-corrected chi connectivity index (χ4v) is 2.35. The highest BCUT2D eigenvalue weighted by Crippen LogP contribution is 2.35. The van der Waals surface area contributed by atoms with E-state index in [0.29, 0.717) is 10.0 Å². The van der Waals surface area contributed by atoms with Gasteiger partial charge in [0.2, 0.25) is 0 Å². The van der Waals surface area contributed by atoms with Gasteiger partial charge in [-0.3, -0.25) is 9.59 Å². The van der Waals surface area contributed by atoms with Crippen molar-refractivity contribution in [1.82, 2.24) is 0 Å². The minimum absolute atomic E-state index is 0.139. The molecule has 1 fully saturated rings. The van der Waals surface area contributed by atoms with Gasteiger partial charge in [-0.05, 0) is 24.6 Å². The van der Waals surface area contributed by atoms with Crippen LogP contribution in [0.3, 0.4) is 0 Å². The predicted octanol–water partition coefficient (Wildman–Crippen LogP) is 2.81. The van der Waals surface area contributed by atoms with E-state index in [1.54, 1.807) is 25.1 Å². The van der Waals surface area contributed by atoms with Crippen LogP contribution in [0.1, 0.15) is 18.4 Å². The molecule has 6 heteroatoms. The third-order valence-corrected chi connectivity index (χ3v) is 3.71. The van der Waals surface area contributed by atoms with Crippen LogP contribution in [0.15, 0.2) is 18.2 Å². The first kappa shape index (κ1) is 14.2. The molecule has 0 spiro atoms. The zero-order valence-electron chi connectivity index (χ0n) is 10.2. The van der Waals surface area contributed by atoms with Gasteiger partial charge in [0.05, 0.1) is 23.3 Å². The van der Waals surface area contributed by atoms with Gasteiger partial charge in [-0.25, -0.2) is 0 Å². The monoisotopic (exact) mass is 302 g/mol. The standard InChI is InChI=1S/C13H12Cl2O4/c1-2-18-12(16)11-8(6-19-13(11)17)7-3-4-9(14)10(15)5-7/h3-5,8,11H,2,6H2,1H3/t8-,11+/m0/s1. The van der Waals surface area contributed by atoms with E-state index < -0.39 is 17.9 Å². The van der Waals surface area contributed by atoms with Gasteiger partial charge >= 0.3 is 11.9 Å². The highest BCUT2D eigenvalue weighted by molar-refractivity contribution is 6.42. The summed E-state index contributed by atoms with van der Waals surface area (Å²) in [7, 11) is 0. The average molecular weight is 303 g/mol. The fourth-order valence-electron chi connectivity index (χ4n) is 2.05. The zero-order chi connectivity index (χ0) is 14.0. The summed E-state index contributed by atoms with van der Waals surface area (Å²) in [5.41, 5.74) is 0.735. The molecular weight excluding hydrogens is 291 g/mol. The molecule has 1 heterocycles. The second kappa shape index (κ2) is 5.80. The third-order valence-electron chi connectivity index (χ3n) is 2.97. The maximum Gasteiger partial charge on any atom is 0.321 e. The van der Waals surface area contributed by atoms with Gasteiger partial charge in [-0.15, -0.1) is 0 Å². The predicted molar refractivity (Wildman–Crippen MR) is 70.3 cm³/mol. The van der Waals surface area contributed by atoms with E-state index in [4.69, 9.17) is 32.7 Å². The molecule has 2 atom stereocenters. The Balaban J connectivity index is 2.29. The van der Waals surface area contributed by atoms with Crippen molar-refractivity contribution < 1.29 is 19.1 Å². The van der Waals surface area contributed by atoms with Gasteiger partial charge in [-0.1, -0.05) is 29.3 Å². The number of benzene rings is 1. The molecule has 0 amide bonds. The van der Waals surface area contributed by atoms with Crippen LogP contribution in [0, 0.1) is 5.92 Å². The molecule has 0 aliphatic carbocycles. The van der Waals surface area contributed by atoms with Gasteiger partial charge in [0, 0.05) is 5.92 Å². The summed E-state index contributed by atoms with van der Waals surface area (Å²) >= 11 is 11.8. The van der Waals surface area contributed by atoms with E-state index in [0.717, 1.165) is 5.56 Å². The molecule has 19 heavy (non-hydrogen) atoms. The lowest BCUT2D eigenvalue weighted by Gasteiger charge is -2.14. The summed E-state index contributed by atoms with van der Waals surface area (Å²) in [5.74, 6) is -2.45. The number of halogens is 2. The first-order valence-corrected chi connectivity index (χ1v) is 6.58. The fraction of sp³-hybridized carbons (Fsp3) is 0.385. The molecule has 0 N–H and O–H groups in total. The number of carbonyl (C=O) groups is 2. The number of ether oxygens (including phenoxy) is 2. The lowest BCUT2D eigenvalue weighted by molar-refractivity contribution is -0.155. The molecular formula is C13H12Cl2O4. The molecule has 102 valence electrons. The van der Waals surface area contributed by atoms with Gasteiger partial charge < -0.3 is 9.47 Å². The van der Waals surface area contributed by atoms with Crippen LogP contribution in [0.4, 0.5) is 0 Å². The van der Waals surface area contributed by atoms with E-state index >= 15 is 0 Å². The Bertz CT molecular complexity index is 515. The maximum absolute atomic E-state index is 11.8. The Kier molecular flexibility index (Phi) is 4.32. The van der Waals surface area contributed by atoms with Gasteiger partial charge in [0.15, 0.2) is 5.92 Å². The molecule has 1 aromatic rings. The van der Waals surface area contributed by atoms with Crippen molar-refractivity contribution >= 4 is 35.1 Å². The third kappa shape index (κ3) is 2.85. The summed E-state index contributed by atoms with van der Waals surface area (Å²) in [5, 5.41) is 0.796. The van der Waals surface area contributed by atoms with Crippen molar-refractivity contribution in [3.63, 3.8) is 0 Å². The topological polar surface area (TPSA) is 52.6 Å². The summed E-state index contributed by atoms with van der Waals surface area (Å²) in [6.07, 6.45) is 0. The van der Waals surface area contributed by atoms with Gasteiger partial charge in [0.1, 0.15) is 0 Å². The van der Waals surface area contributed by atoms with E-state index in [-0.39, 0.29) is 19.1 Å². The zero-order valence-corrected chi connectivity index (χ0v) is 11.7. The van der Waals surface area contributed by atoms with Crippen LogP contribution in [-0.2, 0) is 19.1 Å². The van der Waals surface area contributed by atoms with Crippen LogP contribution < -0.4 is 0 Å². The molecule has 1 saturated heterocycles. The first-order valence-electron chi connectivity index (χ1n) is 5.82. The second-order valence-electron chi connectivity index (χ2n) is 4.14. The number of carbonyl (C=O) groups excluding carboxylic acids is 2. The van der Waals surface area contributed by atoms with Crippen molar-refractivity contribution in [2.75, 3.05) is 13.2 Å². The van der Waals surface area contributed by atoms with E-state index in [1.807, 2.05) is 0 Å². The highest BCUT2D eigenvalue weighted by atomic mass is 35.5.